The number of pyridine rings is 1. The van der Waals surface area contributed by atoms with Crippen LogP contribution in [0.4, 0.5) is 5.69 Å². The molecular weight excluding hydrogens is 410 g/mol. The van der Waals surface area contributed by atoms with Gasteiger partial charge in [-0.25, -0.2) is 8.42 Å². The van der Waals surface area contributed by atoms with Crippen LogP contribution >= 0.6 is 11.6 Å². The standard InChI is InChI=1S/C21H26ClN3O3S/c1-14-12-15(2)23-16(3)20(14)24-21(26)17-8-9-18(22)19(13-17)29(27,28)25-10-6-4-5-7-11-25/h8-9,12-13H,4-7,10-11H2,1-3H3,(H,24,26). The number of nitrogens with zero attached hydrogens (tertiary/aromatic N) is 2. The third-order valence-electron chi connectivity index (χ3n) is 5.14. The van der Waals surface area contributed by atoms with E-state index in [2.05, 4.69) is 10.3 Å². The molecule has 1 N–H and O–H groups in total. The highest BCUT2D eigenvalue weighted by Gasteiger charge is 2.28. The Morgan fingerprint density at radius 2 is 1.72 bits per heavy atom. The summed E-state index contributed by atoms with van der Waals surface area (Å²) in [5.41, 5.74) is 3.35. The lowest BCUT2D eigenvalue weighted by molar-refractivity contribution is 0.102. The summed E-state index contributed by atoms with van der Waals surface area (Å²) in [6, 6.07) is 6.25. The number of halogens is 1. The van der Waals surface area contributed by atoms with Crippen molar-refractivity contribution in [2.24, 2.45) is 0 Å². The first-order valence-electron chi connectivity index (χ1n) is 9.76. The van der Waals surface area contributed by atoms with Gasteiger partial charge in [0.25, 0.3) is 5.91 Å². The van der Waals surface area contributed by atoms with Crippen LogP contribution in [0.25, 0.3) is 0 Å². The van der Waals surface area contributed by atoms with E-state index in [0.29, 0.717) is 24.5 Å². The van der Waals surface area contributed by atoms with E-state index in [-0.39, 0.29) is 15.5 Å². The van der Waals surface area contributed by atoms with Gasteiger partial charge in [-0.1, -0.05) is 24.4 Å². The molecule has 1 fully saturated rings. The molecule has 0 unspecified atom stereocenters. The van der Waals surface area contributed by atoms with Crippen molar-refractivity contribution in [2.45, 2.75) is 51.3 Å². The van der Waals surface area contributed by atoms with Crippen LogP contribution in [0.3, 0.4) is 0 Å². The molecule has 2 heterocycles. The lowest BCUT2D eigenvalue weighted by atomic mass is 10.1. The molecule has 29 heavy (non-hydrogen) atoms. The quantitative estimate of drug-likeness (QED) is 0.767. The van der Waals surface area contributed by atoms with Gasteiger partial charge in [0.1, 0.15) is 4.90 Å². The number of hydrogen-bond acceptors (Lipinski definition) is 4. The molecular formula is C21H26ClN3O3S. The van der Waals surface area contributed by atoms with Crippen molar-refractivity contribution in [3.63, 3.8) is 0 Å². The fraction of sp³-hybridized carbons (Fsp3) is 0.429. The van der Waals surface area contributed by atoms with Crippen molar-refractivity contribution in [1.82, 2.24) is 9.29 Å². The SMILES string of the molecule is Cc1cc(C)c(NC(=O)c2ccc(Cl)c(S(=O)(=O)N3CCCCCC3)c2)c(C)n1. The van der Waals surface area contributed by atoms with E-state index < -0.39 is 15.9 Å². The van der Waals surface area contributed by atoms with Gasteiger partial charge < -0.3 is 5.32 Å². The number of carbonyl (C=O) groups excluding carboxylic acids is 1. The number of rotatable bonds is 4. The van der Waals surface area contributed by atoms with Crippen LogP contribution in [-0.2, 0) is 10.0 Å². The van der Waals surface area contributed by atoms with Gasteiger partial charge in [0.15, 0.2) is 0 Å². The largest absolute Gasteiger partial charge is 0.320 e. The second-order valence-electron chi connectivity index (χ2n) is 7.46. The Kier molecular flexibility index (Phi) is 6.61. The summed E-state index contributed by atoms with van der Waals surface area (Å²) in [5, 5.41) is 2.98. The maximum Gasteiger partial charge on any atom is 0.255 e. The van der Waals surface area contributed by atoms with Crippen LogP contribution in [0.15, 0.2) is 29.2 Å². The zero-order valence-electron chi connectivity index (χ0n) is 17.0. The van der Waals surface area contributed by atoms with Crippen LogP contribution in [0.1, 0.15) is 53.0 Å². The zero-order valence-corrected chi connectivity index (χ0v) is 18.5. The topological polar surface area (TPSA) is 79.4 Å². The molecule has 0 saturated carbocycles. The van der Waals surface area contributed by atoms with Crippen LogP contribution in [0.5, 0.6) is 0 Å². The van der Waals surface area contributed by atoms with Gasteiger partial charge in [-0.05, 0) is 63.4 Å². The molecule has 156 valence electrons. The van der Waals surface area contributed by atoms with Gasteiger partial charge >= 0.3 is 0 Å². The summed E-state index contributed by atoms with van der Waals surface area (Å²) in [6.45, 7) is 6.57. The third-order valence-corrected chi connectivity index (χ3v) is 7.52. The minimum absolute atomic E-state index is 0.0239. The Balaban J connectivity index is 1.91. The average Bonchev–Trinajstić information content (AvgIpc) is 2.94. The first-order chi connectivity index (χ1) is 13.7. The summed E-state index contributed by atoms with van der Waals surface area (Å²) in [5.74, 6) is -0.397. The Morgan fingerprint density at radius 1 is 1.07 bits per heavy atom. The van der Waals surface area contributed by atoms with Gasteiger partial charge in [0, 0.05) is 24.3 Å². The lowest BCUT2D eigenvalue weighted by Crippen LogP contribution is -2.32. The monoisotopic (exact) mass is 435 g/mol. The molecule has 0 aliphatic carbocycles. The summed E-state index contributed by atoms with van der Waals surface area (Å²) in [7, 11) is -3.76. The first-order valence-corrected chi connectivity index (χ1v) is 11.6. The molecule has 1 aromatic carbocycles. The van der Waals surface area contributed by atoms with Gasteiger partial charge in [-0.15, -0.1) is 0 Å². The van der Waals surface area contributed by atoms with Crippen LogP contribution < -0.4 is 5.32 Å². The zero-order chi connectivity index (χ0) is 21.2. The summed E-state index contributed by atoms with van der Waals surface area (Å²) in [6.07, 6.45) is 3.70. The highest BCUT2D eigenvalue weighted by molar-refractivity contribution is 7.89. The third kappa shape index (κ3) is 4.79. The van der Waals surface area contributed by atoms with Crippen molar-refractivity contribution in [3.05, 3.63) is 51.8 Å². The van der Waals surface area contributed by atoms with E-state index >= 15 is 0 Å². The van der Waals surface area contributed by atoms with Crippen molar-refractivity contribution in [2.75, 3.05) is 18.4 Å². The minimum atomic E-state index is -3.76. The van der Waals surface area contributed by atoms with Crippen LogP contribution in [0, 0.1) is 20.8 Å². The molecule has 3 rings (SSSR count). The lowest BCUT2D eigenvalue weighted by Gasteiger charge is -2.21. The minimum Gasteiger partial charge on any atom is -0.320 e. The highest BCUT2D eigenvalue weighted by Crippen LogP contribution is 2.28. The Morgan fingerprint density at radius 3 is 2.34 bits per heavy atom. The van der Waals surface area contributed by atoms with Gasteiger partial charge in [-0.3, -0.25) is 9.78 Å². The number of benzene rings is 1. The Hall–Kier alpha value is -1.96. The average molecular weight is 436 g/mol. The van der Waals surface area contributed by atoms with Crippen molar-refractivity contribution in [1.29, 1.82) is 0 Å². The van der Waals surface area contributed by atoms with Crippen molar-refractivity contribution >= 4 is 33.2 Å². The maximum absolute atomic E-state index is 13.1. The normalized spacial score (nSPS) is 15.7. The number of aryl methyl sites for hydroxylation is 3. The molecule has 8 heteroatoms. The molecule has 6 nitrogen and oxygen atoms in total. The molecule has 2 aromatic rings. The van der Waals surface area contributed by atoms with E-state index in [1.165, 1.54) is 22.5 Å². The summed E-state index contributed by atoms with van der Waals surface area (Å²) < 4.78 is 27.8. The molecule has 0 bridgehead atoms. The number of sulfonamides is 1. The Bertz CT molecular complexity index is 1010. The second kappa shape index (κ2) is 8.81. The fourth-order valence-electron chi connectivity index (χ4n) is 3.66. The van der Waals surface area contributed by atoms with Gasteiger partial charge in [0.05, 0.1) is 16.4 Å². The molecule has 1 aliphatic rings. The molecule has 0 spiro atoms. The van der Waals surface area contributed by atoms with E-state index in [1.807, 2.05) is 26.8 Å². The second-order valence-corrected chi connectivity index (χ2v) is 9.77. The fourth-order valence-corrected chi connectivity index (χ4v) is 5.68. The van der Waals surface area contributed by atoms with Crippen molar-refractivity contribution < 1.29 is 13.2 Å². The van der Waals surface area contributed by atoms with E-state index in [1.54, 1.807) is 0 Å². The van der Waals surface area contributed by atoms with Gasteiger partial charge in [0.2, 0.25) is 10.0 Å². The number of anilines is 1. The maximum atomic E-state index is 13.1. The molecule has 0 atom stereocenters. The first kappa shape index (κ1) is 21.7. The number of hydrogen-bond donors (Lipinski definition) is 1. The van der Waals surface area contributed by atoms with Gasteiger partial charge in [-0.2, -0.15) is 4.31 Å². The number of aromatic nitrogens is 1. The number of carbonyl (C=O) groups is 1. The predicted molar refractivity (Wildman–Crippen MR) is 115 cm³/mol. The van der Waals surface area contributed by atoms with Crippen LogP contribution in [-0.4, -0.2) is 36.7 Å². The molecule has 1 amide bonds. The van der Waals surface area contributed by atoms with E-state index in [0.717, 1.165) is 36.9 Å². The molecule has 1 aromatic heterocycles. The van der Waals surface area contributed by atoms with Crippen molar-refractivity contribution in [3.8, 4) is 0 Å². The summed E-state index contributed by atoms with van der Waals surface area (Å²) >= 11 is 6.23. The molecule has 1 aliphatic heterocycles. The number of amides is 1. The highest BCUT2D eigenvalue weighted by atomic mass is 35.5. The number of nitrogens with one attached hydrogen (secondary N) is 1. The van der Waals surface area contributed by atoms with E-state index in [4.69, 9.17) is 11.6 Å². The smallest absolute Gasteiger partial charge is 0.255 e. The predicted octanol–water partition coefficient (Wildman–Crippen LogP) is 4.48. The molecule has 0 radical (unpaired) electrons. The van der Waals surface area contributed by atoms with Crippen LogP contribution in [0.2, 0.25) is 5.02 Å². The molecule has 1 saturated heterocycles. The van der Waals surface area contributed by atoms with E-state index in [9.17, 15) is 13.2 Å². The Labute approximate surface area is 177 Å². The summed E-state index contributed by atoms with van der Waals surface area (Å²) in [4.78, 5) is 17.2.